The number of carbonyl (C=O) groups excluding carboxylic acids is 1. The zero-order valence-electron chi connectivity index (χ0n) is 5.87. The Bertz CT molecular complexity index is 115. The Morgan fingerprint density at radius 1 is 1.70 bits per heavy atom. The van der Waals surface area contributed by atoms with Gasteiger partial charge in [0.25, 0.3) is 0 Å². The molecule has 0 aliphatic rings. The maximum Gasteiger partial charge on any atom is 0.236 e. The van der Waals surface area contributed by atoms with Crippen LogP contribution in [0.25, 0.3) is 0 Å². The summed E-state index contributed by atoms with van der Waals surface area (Å²) in [6, 6.07) is -0.718. The second kappa shape index (κ2) is 4.21. The molecule has 0 aromatic heterocycles. The first kappa shape index (κ1) is 9.35. The minimum Gasteiger partial charge on any atom is -0.379 e. The molecular formula is C5H13N3O2. The Labute approximate surface area is 59.4 Å². The molecule has 0 spiro atoms. The monoisotopic (exact) mass is 147 g/mol. The van der Waals surface area contributed by atoms with Gasteiger partial charge in [-0.2, -0.15) is 0 Å². The van der Waals surface area contributed by atoms with Crippen molar-refractivity contribution in [1.82, 2.24) is 5.32 Å². The normalized spacial score (nSPS) is 16.0. The van der Waals surface area contributed by atoms with E-state index in [1.165, 1.54) is 7.05 Å². The van der Waals surface area contributed by atoms with Gasteiger partial charge in [-0.05, 0) is 0 Å². The summed E-state index contributed by atoms with van der Waals surface area (Å²) >= 11 is 0. The van der Waals surface area contributed by atoms with Gasteiger partial charge in [0.05, 0.1) is 6.04 Å². The first-order chi connectivity index (χ1) is 4.57. The highest BCUT2D eigenvalue weighted by Gasteiger charge is 2.13. The van der Waals surface area contributed by atoms with E-state index in [0.29, 0.717) is 0 Å². The molecule has 1 amide bonds. The summed E-state index contributed by atoms with van der Waals surface area (Å²) in [5.74, 6) is -0.315. The van der Waals surface area contributed by atoms with Crippen LogP contribution >= 0.6 is 0 Å². The lowest BCUT2D eigenvalue weighted by Crippen LogP contribution is -2.42. The third-order valence-electron chi connectivity index (χ3n) is 1.08. The van der Waals surface area contributed by atoms with E-state index in [0.717, 1.165) is 0 Å². The SMILES string of the molecule is CNC(=O)C(N)CC(N)O. The molecule has 10 heavy (non-hydrogen) atoms. The zero-order chi connectivity index (χ0) is 8.15. The van der Waals surface area contributed by atoms with E-state index in [1.807, 2.05) is 0 Å². The van der Waals surface area contributed by atoms with Gasteiger partial charge in [0, 0.05) is 13.5 Å². The van der Waals surface area contributed by atoms with Gasteiger partial charge < -0.3 is 21.9 Å². The first-order valence-electron chi connectivity index (χ1n) is 2.98. The van der Waals surface area contributed by atoms with Gasteiger partial charge in [-0.25, -0.2) is 0 Å². The zero-order valence-corrected chi connectivity index (χ0v) is 5.87. The second-order valence-electron chi connectivity index (χ2n) is 2.02. The molecule has 5 heteroatoms. The smallest absolute Gasteiger partial charge is 0.236 e. The van der Waals surface area contributed by atoms with Crippen LogP contribution in [0.2, 0.25) is 0 Å². The Hall–Kier alpha value is -0.650. The molecule has 0 aromatic rings. The van der Waals surface area contributed by atoms with Crippen molar-refractivity contribution in [3.63, 3.8) is 0 Å². The van der Waals surface area contributed by atoms with Crippen LogP contribution < -0.4 is 16.8 Å². The average Bonchev–Trinajstić information content (AvgIpc) is 1.85. The molecule has 0 aliphatic carbocycles. The van der Waals surface area contributed by atoms with Crippen molar-refractivity contribution in [3.05, 3.63) is 0 Å². The number of likely N-dealkylation sites (N-methyl/N-ethyl adjacent to an activating group) is 1. The van der Waals surface area contributed by atoms with Crippen molar-refractivity contribution in [2.45, 2.75) is 18.7 Å². The van der Waals surface area contributed by atoms with Crippen LogP contribution in [0.4, 0.5) is 0 Å². The molecule has 0 heterocycles. The quantitative estimate of drug-likeness (QED) is 0.338. The second-order valence-corrected chi connectivity index (χ2v) is 2.02. The van der Waals surface area contributed by atoms with Crippen LogP contribution in [0.5, 0.6) is 0 Å². The average molecular weight is 147 g/mol. The predicted molar refractivity (Wildman–Crippen MR) is 36.9 cm³/mol. The molecule has 0 bridgehead atoms. The number of hydrogen-bond donors (Lipinski definition) is 4. The number of hydrogen-bond acceptors (Lipinski definition) is 4. The highest BCUT2D eigenvalue weighted by molar-refractivity contribution is 5.81. The molecular weight excluding hydrogens is 134 g/mol. The Morgan fingerprint density at radius 3 is 2.50 bits per heavy atom. The van der Waals surface area contributed by atoms with Crippen LogP contribution in [0, 0.1) is 0 Å². The highest BCUT2D eigenvalue weighted by atomic mass is 16.3. The van der Waals surface area contributed by atoms with Crippen LogP contribution in [0.3, 0.4) is 0 Å². The summed E-state index contributed by atoms with van der Waals surface area (Å²) in [6.07, 6.45) is -0.938. The molecule has 0 aliphatic heterocycles. The van der Waals surface area contributed by atoms with Gasteiger partial charge in [-0.3, -0.25) is 4.79 Å². The fraction of sp³-hybridized carbons (Fsp3) is 0.800. The minimum atomic E-state index is -1.02. The van der Waals surface area contributed by atoms with Crippen LogP contribution in [-0.4, -0.2) is 30.3 Å². The lowest BCUT2D eigenvalue weighted by Gasteiger charge is -2.10. The predicted octanol–water partition coefficient (Wildman–Crippen LogP) is -2.27. The van der Waals surface area contributed by atoms with E-state index in [4.69, 9.17) is 16.6 Å². The summed E-state index contributed by atoms with van der Waals surface area (Å²) < 4.78 is 0. The number of nitrogens with two attached hydrogens (primary N) is 2. The summed E-state index contributed by atoms with van der Waals surface area (Å²) in [7, 11) is 1.48. The minimum absolute atomic E-state index is 0.0830. The van der Waals surface area contributed by atoms with Crippen LogP contribution in [0.1, 0.15) is 6.42 Å². The summed E-state index contributed by atoms with van der Waals surface area (Å²) in [5.41, 5.74) is 10.3. The molecule has 6 N–H and O–H groups in total. The molecule has 0 aromatic carbocycles. The lowest BCUT2D eigenvalue weighted by atomic mass is 10.2. The third kappa shape index (κ3) is 3.39. The summed E-state index contributed by atoms with van der Waals surface area (Å²) in [6.45, 7) is 0. The van der Waals surface area contributed by atoms with Crippen molar-refractivity contribution < 1.29 is 9.90 Å². The first-order valence-corrected chi connectivity index (χ1v) is 2.98. The maximum atomic E-state index is 10.6. The Morgan fingerprint density at radius 2 is 2.20 bits per heavy atom. The van der Waals surface area contributed by atoms with E-state index in [2.05, 4.69) is 5.32 Å². The van der Waals surface area contributed by atoms with E-state index in [9.17, 15) is 4.79 Å². The standard InChI is InChI=1S/C5H13N3O2/c1-8-5(10)3(6)2-4(7)9/h3-4,9H,2,6-7H2,1H3,(H,8,10). The van der Waals surface area contributed by atoms with Gasteiger partial charge in [-0.15, -0.1) is 0 Å². The number of carbonyl (C=O) groups is 1. The Balaban J connectivity index is 3.61. The lowest BCUT2D eigenvalue weighted by molar-refractivity contribution is -0.122. The van der Waals surface area contributed by atoms with Crippen LogP contribution in [-0.2, 0) is 4.79 Å². The maximum absolute atomic E-state index is 10.6. The van der Waals surface area contributed by atoms with Gasteiger partial charge in [0.15, 0.2) is 0 Å². The summed E-state index contributed by atoms with van der Waals surface area (Å²) in [5, 5.41) is 10.9. The van der Waals surface area contributed by atoms with E-state index in [-0.39, 0.29) is 12.3 Å². The fourth-order valence-electron chi connectivity index (χ4n) is 0.553. The van der Waals surface area contributed by atoms with Gasteiger partial charge in [0.1, 0.15) is 6.23 Å². The van der Waals surface area contributed by atoms with Crippen molar-refractivity contribution in [2.24, 2.45) is 11.5 Å². The number of amides is 1. The summed E-state index contributed by atoms with van der Waals surface area (Å²) in [4.78, 5) is 10.6. The van der Waals surface area contributed by atoms with E-state index >= 15 is 0 Å². The van der Waals surface area contributed by atoms with E-state index < -0.39 is 12.3 Å². The molecule has 5 nitrogen and oxygen atoms in total. The van der Waals surface area contributed by atoms with Crippen molar-refractivity contribution in [3.8, 4) is 0 Å². The number of rotatable bonds is 3. The molecule has 0 saturated heterocycles. The van der Waals surface area contributed by atoms with Crippen LogP contribution in [0.15, 0.2) is 0 Å². The molecule has 0 fully saturated rings. The van der Waals surface area contributed by atoms with E-state index in [1.54, 1.807) is 0 Å². The fourth-order valence-corrected chi connectivity index (χ4v) is 0.553. The van der Waals surface area contributed by atoms with Gasteiger partial charge in [-0.1, -0.05) is 0 Å². The Kier molecular flexibility index (Phi) is 3.94. The molecule has 0 radical (unpaired) electrons. The number of aliphatic hydroxyl groups excluding tert-OH is 1. The number of aliphatic hydroxyl groups is 1. The van der Waals surface area contributed by atoms with Gasteiger partial charge in [0.2, 0.25) is 5.91 Å². The third-order valence-corrected chi connectivity index (χ3v) is 1.08. The largest absolute Gasteiger partial charge is 0.379 e. The molecule has 0 saturated carbocycles. The van der Waals surface area contributed by atoms with Crippen molar-refractivity contribution in [1.29, 1.82) is 0 Å². The van der Waals surface area contributed by atoms with Crippen molar-refractivity contribution in [2.75, 3.05) is 7.05 Å². The topological polar surface area (TPSA) is 101 Å². The number of nitrogens with one attached hydrogen (secondary N) is 1. The molecule has 0 rings (SSSR count). The van der Waals surface area contributed by atoms with Gasteiger partial charge >= 0.3 is 0 Å². The van der Waals surface area contributed by atoms with Crippen molar-refractivity contribution >= 4 is 5.91 Å². The molecule has 2 atom stereocenters. The molecule has 2 unspecified atom stereocenters. The highest BCUT2D eigenvalue weighted by Crippen LogP contribution is 1.89. The molecule has 60 valence electrons.